The first-order chi connectivity index (χ1) is 19.2. The van der Waals surface area contributed by atoms with Gasteiger partial charge in [-0.05, 0) is 50.1 Å². The van der Waals surface area contributed by atoms with Gasteiger partial charge < -0.3 is 14.2 Å². The van der Waals surface area contributed by atoms with Gasteiger partial charge in [-0.25, -0.2) is 18.4 Å². The number of anilines is 1. The van der Waals surface area contributed by atoms with Crippen LogP contribution in [0.15, 0.2) is 61.7 Å². The average molecular weight is 566 g/mol. The molecule has 0 unspecified atom stereocenters. The number of nitrogens with one attached hydrogen (secondary N) is 1. The summed E-state index contributed by atoms with van der Waals surface area (Å²) >= 11 is 0. The van der Waals surface area contributed by atoms with E-state index in [0.29, 0.717) is 28.6 Å². The lowest BCUT2D eigenvalue weighted by Crippen LogP contribution is -2.34. The number of pyridine rings is 1. The lowest BCUT2D eigenvalue weighted by atomic mass is 10.2. The maximum absolute atomic E-state index is 13.8. The first-order valence-electron chi connectivity index (χ1n) is 12.3. The Balaban J connectivity index is 1.84. The first kappa shape index (κ1) is 28.6. The van der Waals surface area contributed by atoms with Gasteiger partial charge in [-0.15, -0.1) is 16.8 Å². The highest BCUT2D eigenvalue weighted by Gasteiger charge is 2.35. The first-order valence-corrected chi connectivity index (χ1v) is 13.9. The Bertz CT molecular complexity index is 1570. The van der Waals surface area contributed by atoms with Crippen molar-refractivity contribution in [3.63, 3.8) is 0 Å². The standard InChI is InChI=1S/C27H31N7O5S/c1-7-11-39-24(25-29-14-18(3)15-30-25)19(4)40(35,36)33-27-32-31-26(20-12-17(2)13-28-16-20)34(27)23-21(37-5)9-8-10-22(23)38-6/h7-10,12-16,19,24H,1,11H2,2-6H3,(H,32,33)/t19-,24+/m1/s1. The fourth-order valence-corrected chi connectivity index (χ4v) is 5.10. The summed E-state index contributed by atoms with van der Waals surface area (Å²) in [6.07, 6.45) is 7.06. The van der Waals surface area contributed by atoms with E-state index < -0.39 is 21.4 Å². The van der Waals surface area contributed by atoms with Crippen LogP contribution >= 0.6 is 0 Å². The van der Waals surface area contributed by atoms with Crippen molar-refractivity contribution in [1.29, 1.82) is 0 Å². The van der Waals surface area contributed by atoms with Crippen molar-refractivity contribution >= 4 is 16.0 Å². The third kappa shape index (κ3) is 5.95. The second-order valence-corrected chi connectivity index (χ2v) is 11.0. The third-order valence-corrected chi connectivity index (χ3v) is 7.71. The molecule has 40 heavy (non-hydrogen) atoms. The molecule has 0 saturated carbocycles. The van der Waals surface area contributed by atoms with Gasteiger partial charge in [0.25, 0.3) is 0 Å². The molecule has 4 rings (SSSR count). The minimum absolute atomic E-state index is 0.0848. The van der Waals surface area contributed by atoms with Gasteiger partial charge in [0.2, 0.25) is 16.0 Å². The quantitative estimate of drug-likeness (QED) is 0.252. The minimum atomic E-state index is -4.16. The summed E-state index contributed by atoms with van der Waals surface area (Å²) < 4.78 is 48.8. The zero-order valence-corrected chi connectivity index (χ0v) is 23.7. The van der Waals surface area contributed by atoms with E-state index in [-0.39, 0.29) is 18.4 Å². The van der Waals surface area contributed by atoms with Gasteiger partial charge >= 0.3 is 0 Å². The molecule has 0 aliphatic heterocycles. The zero-order chi connectivity index (χ0) is 28.9. The Labute approximate surface area is 233 Å². The van der Waals surface area contributed by atoms with Crippen molar-refractivity contribution in [3.05, 3.63) is 78.7 Å². The number of ether oxygens (including phenoxy) is 3. The van der Waals surface area contributed by atoms with E-state index in [2.05, 4.69) is 36.5 Å². The molecule has 2 atom stereocenters. The third-order valence-electron chi connectivity index (χ3n) is 6.02. The van der Waals surface area contributed by atoms with Gasteiger partial charge in [-0.3, -0.25) is 14.3 Å². The van der Waals surface area contributed by atoms with E-state index in [0.717, 1.165) is 11.1 Å². The van der Waals surface area contributed by atoms with Crippen LogP contribution < -0.4 is 14.2 Å². The fraction of sp³-hybridized carbons (Fsp3) is 0.296. The Morgan fingerprint density at radius 2 is 1.70 bits per heavy atom. The van der Waals surface area contributed by atoms with Crippen LogP contribution in [-0.2, 0) is 14.8 Å². The predicted octanol–water partition coefficient (Wildman–Crippen LogP) is 3.83. The lowest BCUT2D eigenvalue weighted by Gasteiger charge is -2.24. The van der Waals surface area contributed by atoms with Crippen LogP contribution in [0.4, 0.5) is 5.95 Å². The number of aryl methyl sites for hydroxylation is 2. The van der Waals surface area contributed by atoms with E-state index in [4.69, 9.17) is 14.2 Å². The van der Waals surface area contributed by atoms with Crippen LogP contribution in [0.1, 0.15) is 30.0 Å². The lowest BCUT2D eigenvalue weighted by molar-refractivity contribution is 0.0670. The summed E-state index contributed by atoms with van der Waals surface area (Å²) in [6, 6.07) is 7.08. The average Bonchev–Trinajstić information content (AvgIpc) is 3.35. The van der Waals surface area contributed by atoms with Gasteiger partial charge in [0, 0.05) is 30.4 Å². The van der Waals surface area contributed by atoms with Crippen molar-refractivity contribution in [1.82, 2.24) is 29.7 Å². The highest BCUT2D eigenvalue weighted by atomic mass is 32.2. The van der Waals surface area contributed by atoms with Crippen molar-refractivity contribution in [3.8, 4) is 28.6 Å². The summed E-state index contributed by atoms with van der Waals surface area (Å²) in [5.74, 6) is 1.29. The Morgan fingerprint density at radius 1 is 1.02 bits per heavy atom. The van der Waals surface area contributed by atoms with Crippen molar-refractivity contribution in [2.75, 3.05) is 25.5 Å². The summed E-state index contributed by atoms with van der Waals surface area (Å²) in [6.45, 7) is 9.00. The van der Waals surface area contributed by atoms with Crippen LogP contribution in [0.3, 0.4) is 0 Å². The van der Waals surface area contributed by atoms with Crippen LogP contribution in [0.2, 0.25) is 0 Å². The summed E-state index contributed by atoms with van der Waals surface area (Å²) in [7, 11) is -1.15. The molecule has 4 aromatic rings. The van der Waals surface area contributed by atoms with Crippen molar-refractivity contribution in [2.24, 2.45) is 0 Å². The molecule has 1 aromatic carbocycles. The summed E-state index contributed by atoms with van der Waals surface area (Å²) in [4.78, 5) is 12.9. The molecule has 0 aliphatic carbocycles. The number of sulfonamides is 1. The van der Waals surface area contributed by atoms with Gasteiger partial charge in [0.05, 0.1) is 20.8 Å². The van der Waals surface area contributed by atoms with E-state index in [1.807, 2.05) is 19.9 Å². The highest BCUT2D eigenvalue weighted by Crippen LogP contribution is 2.38. The Kier molecular flexibility index (Phi) is 8.75. The second-order valence-electron chi connectivity index (χ2n) is 8.96. The number of hydrogen-bond acceptors (Lipinski definition) is 10. The topological polar surface area (TPSA) is 143 Å². The molecule has 0 fully saturated rings. The summed E-state index contributed by atoms with van der Waals surface area (Å²) in [5, 5.41) is 7.41. The molecule has 0 amide bonds. The molecular weight excluding hydrogens is 534 g/mol. The van der Waals surface area contributed by atoms with E-state index >= 15 is 0 Å². The number of benzene rings is 1. The van der Waals surface area contributed by atoms with Crippen LogP contribution in [0.5, 0.6) is 11.5 Å². The molecule has 0 radical (unpaired) electrons. The van der Waals surface area contributed by atoms with Gasteiger partial charge in [-0.1, -0.05) is 12.1 Å². The molecule has 0 aliphatic rings. The summed E-state index contributed by atoms with van der Waals surface area (Å²) in [5.41, 5.74) is 2.73. The minimum Gasteiger partial charge on any atom is -0.494 e. The highest BCUT2D eigenvalue weighted by molar-refractivity contribution is 7.93. The molecule has 1 N–H and O–H groups in total. The molecule has 0 spiro atoms. The maximum Gasteiger partial charge on any atom is 0.243 e. The SMILES string of the molecule is C=CCO[C@H](c1ncc(C)cn1)[C@@H](C)S(=O)(=O)Nc1nnc(-c2cncc(C)c2)n1-c1c(OC)cccc1OC. The molecular formula is C27H31N7O5S. The number of rotatable bonds is 12. The van der Waals surface area contributed by atoms with Gasteiger partial charge in [0.1, 0.15) is 28.5 Å². The fourth-order valence-electron chi connectivity index (χ4n) is 4.00. The maximum atomic E-state index is 13.8. The molecule has 3 aromatic heterocycles. The van der Waals surface area contributed by atoms with Crippen LogP contribution in [-0.4, -0.2) is 64.2 Å². The zero-order valence-electron chi connectivity index (χ0n) is 22.9. The monoisotopic (exact) mass is 565 g/mol. The number of methoxy groups -OCH3 is 2. The molecule has 12 nitrogen and oxygen atoms in total. The Hall–Kier alpha value is -4.36. The van der Waals surface area contributed by atoms with Gasteiger partial charge in [0.15, 0.2) is 11.6 Å². The molecule has 13 heteroatoms. The predicted molar refractivity (Wildman–Crippen MR) is 150 cm³/mol. The van der Waals surface area contributed by atoms with Crippen molar-refractivity contribution < 1.29 is 22.6 Å². The van der Waals surface area contributed by atoms with E-state index in [1.54, 1.807) is 43.0 Å². The molecule has 3 heterocycles. The second kappa shape index (κ2) is 12.2. The number of para-hydroxylation sites is 1. The van der Waals surface area contributed by atoms with Crippen LogP contribution in [0, 0.1) is 13.8 Å². The van der Waals surface area contributed by atoms with E-state index in [9.17, 15) is 8.42 Å². The van der Waals surface area contributed by atoms with Gasteiger partial charge in [-0.2, -0.15) is 0 Å². The smallest absolute Gasteiger partial charge is 0.243 e. The molecule has 0 saturated heterocycles. The van der Waals surface area contributed by atoms with E-state index in [1.165, 1.54) is 31.8 Å². The van der Waals surface area contributed by atoms with Crippen LogP contribution in [0.25, 0.3) is 17.1 Å². The number of nitrogens with zero attached hydrogens (tertiary/aromatic N) is 6. The largest absolute Gasteiger partial charge is 0.494 e. The normalized spacial score (nSPS) is 12.9. The van der Waals surface area contributed by atoms with Crippen molar-refractivity contribution in [2.45, 2.75) is 32.1 Å². The Morgan fingerprint density at radius 3 is 2.30 bits per heavy atom. The molecule has 210 valence electrons. The molecule has 0 bridgehead atoms. The number of hydrogen-bond donors (Lipinski definition) is 1. The number of aromatic nitrogens is 6.